The lowest BCUT2D eigenvalue weighted by atomic mass is 10.2. The highest BCUT2D eigenvalue weighted by Gasteiger charge is 2.38. The van der Waals surface area contributed by atoms with Gasteiger partial charge < -0.3 is 15.6 Å². The second kappa shape index (κ2) is 10.9. The Morgan fingerprint density at radius 3 is 2.39 bits per heavy atom. The average Bonchev–Trinajstić information content (AvgIpc) is 2.68. The van der Waals surface area contributed by atoms with Gasteiger partial charge >= 0.3 is 18.1 Å². The number of rotatable bonds is 6. The first-order valence-corrected chi connectivity index (χ1v) is 7.92. The molecule has 0 fully saturated rings. The van der Waals surface area contributed by atoms with Gasteiger partial charge in [0.25, 0.3) is 0 Å². The Kier molecular flexibility index (Phi) is 8.88. The van der Waals surface area contributed by atoms with Crippen molar-refractivity contribution in [3.63, 3.8) is 0 Å². The number of nitrogens with two attached hydrogens (primary N) is 1. The molecule has 0 unspecified atom stereocenters. The van der Waals surface area contributed by atoms with Crippen LogP contribution in [0.5, 0.6) is 0 Å². The molecule has 9 nitrogen and oxygen atoms in total. The number of halogens is 3. The molecule has 0 aromatic carbocycles. The van der Waals surface area contributed by atoms with Crippen LogP contribution < -0.4 is 10.4 Å². The molecule has 1 atom stereocenters. The van der Waals surface area contributed by atoms with E-state index < -0.39 is 18.2 Å². The van der Waals surface area contributed by atoms with Crippen molar-refractivity contribution in [2.75, 3.05) is 7.11 Å². The van der Waals surface area contributed by atoms with Gasteiger partial charge in [0.15, 0.2) is 18.6 Å². The number of hydrogen-bond donors (Lipinski definition) is 2. The van der Waals surface area contributed by atoms with Crippen LogP contribution in [0.25, 0.3) is 11.4 Å². The molecule has 0 aliphatic heterocycles. The number of nitrogens with zero attached hydrogens (tertiary/aromatic N) is 4. The van der Waals surface area contributed by atoms with Gasteiger partial charge in [-0.05, 0) is 17.6 Å². The van der Waals surface area contributed by atoms with Gasteiger partial charge in [-0.1, -0.05) is 4.68 Å². The fourth-order valence-corrected chi connectivity index (χ4v) is 1.84. The number of alkyl halides is 3. The number of carboxylic acids is 1. The molecule has 28 heavy (non-hydrogen) atoms. The minimum Gasteiger partial charge on any atom is -0.475 e. The molecule has 2 heterocycles. The van der Waals surface area contributed by atoms with Crippen LogP contribution in [0.15, 0.2) is 36.9 Å². The summed E-state index contributed by atoms with van der Waals surface area (Å²) in [4.78, 5) is 28.4. The molecule has 0 bridgehead atoms. The van der Waals surface area contributed by atoms with E-state index in [0.29, 0.717) is 18.8 Å². The molecule has 0 aliphatic rings. The monoisotopic (exact) mass is 402 g/mol. The fourth-order valence-electron chi connectivity index (χ4n) is 1.84. The number of esters is 1. The first-order valence-electron chi connectivity index (χ1n) is 7.92. The number of aromatic nitrogens is 4. The molecule has 2 rings (SSSR count). The predicted octanol–water partition coefficient (Wildman–Crippen LogP) is 0.740. The van der Waals surface area contributed by atoms with Gasteiger partial charge in [0.1, 0.15) is 12.2 Å². The number of ether oxygens (including phenoxy) is 1. The van der Waals surface area contributed by atoms with Crippen molar-refractivity contribution in [2.45, 2.75) is 31.6 Å². The fraction of sp³-hybridized carbons (Fsp3) is 0.375. The number of hydrogen-bond acceptors (Lipinski definition) is 7. The Balaban J connectivity index is 0.000000480. The third-order valence-corrected chi connectivity index (χ3v) is 3.24. The summed E-state index contributed by atoms with van der Waals surface area (Å²) in [5, 5.41) is 11.4. The first-order chi connectivity index (χ1) is 13.1. The second-order valence-electron chi connectivity index (χ2n) is 5.33. The number of aryl methyl sites for hydroxylation is 1. The summed E-state index contributed by atoms with van der Waals surface area (Å²) in [6.07, 6.45) is 3.18. The van der Waals surface area contributed by atoms with E-state index in [1.165, 1.54) is 7.11 Å². The van der Waals surface area contributed by atoms with E-state index in [1.54, 1.807) is 29.3 Å². The largest absolute Gasteiger partial charge is 0.490 e. The van der Waals surface area contributed by atoms with Crippen molar-refractivity contribution in [1.29, 1.82) is 0 Å². The van der Waals surface area contributed by atoms with Crippen molar-refractivity contribution < 1.29 is 37.3 Å². The molecule has 3 N–H and O–H groups in total. The summed E-state index contributed by atoms with van der Waals surface area (Å²) in [7, 11) is 1.34. The normalized spacial score (nSPS) is 11.8. The average molecular weight is 402 g/mol. The lowest BCUT2D eigenvalue weighted by Crippen LogP contribution is -2.39. The highest BCUT2D eigenvalue weighted by Crippen LogP contribution is 2.13. The predicted molar refractivity (Wildman–Crippen MR) is 88.4 cm³/mol. The van der Waals surface area contributed by atoms with E-state index in [4.69, 9.17) is 15.6 Å². The summed E-state index contributed by atoms with van der Waals surface area (Å²) in [5.41, 5.74) is 6.53. The lowest BCUT2D eigenvalue weighted by molar-refractivity contribution is -0.754. The molecule has 0 aliphatic carbocycles. The van der Waals surface area contributed by atoms with E-state index in [2.05, 4.69) is 19.8 Å². The van der Waals surface area contributed by atoms with Crippen LogP contribution in [-0.4, -0.2) is 51.4 Å². The van der Waals surface area contributed by atoms with Crippen molar-refractivity contribution in [1.82, 2.24) is 15.1 Å². The summed E-state index contributed by atoms with van der Waals surface area (Å²) < 4.78 is 38.1. The van der Waals surface area contributed by atoms with Gasteiger partial charge in [-0.15, -0.1) is 0 Å². The van der Waals surface area contributed by atoms with Gasteiger partial charge in [-0.2, -0.15) is 13.2 Å². The third kappa shape index (κ3) is 8.03. The molecule has 0 amide bonds. The summed E-state index contributed by atoms with van der Waals surface area (Å²) in [5.74, 6) is -2.50. The van der Waals surface area contributed by atoms with Gasteiger partial charge in [-0.3, -0.25) is 4.79 Å². The molecule has 0 saturated carbocycles. The maximum absolute atomic E-state index is 11.2. The van der Waals surface area contributed by atoms with Crippen molar-refractivity contribution in [3.8, 4) is 11.4 Å². The molecule has 152 valence electrons. The molecular weight excluding hydrogens is 383 g/mol. The zero-order chi connectivity index (χ0) is 21.2. The molecular formula is C16H19F3N5O4+. The maximum Gasteiger partial charge on any atom is 0.490 e. The Bertz CT molecular complexity index is 757. The Morgan fingerprint density at radius 2 is 1.93 bits per heavy atom. The van der Waals surface area contributed by atoms with Crippen LogP contribution in [0.4, 0.5) is 13.2 Å². The smallest absolute Gasteiger partial charge is 0.475 e. The van der Waals surface area contributed by atoms with Crippen LogP contribution in [0.1, 0.15) is 12.8 Å². The van der Waals surface area contributed by atoms with Crippen molar-refractivity contribution in [2.24, 2.45) is 5.73 Å². The van der Waals surface area contributed by atoms with Gasteiger partial charge in [0.05, 0.1) is 7.11 Å². The number of carbonyl (C=O) groups is 2. The molecule has 2 aromatic rings. The topological polar surface area (TPSA) is 132 Å². The molecule has 12 heteroatoms. The van der Waals surface area contributed by atoms with Gasteiger partial charge in [0, 0.05) is 30.4 Å². The van der Waals surface area contributed by atoms with Crippen molar-refractivity contribution >= 4 is 11.9 Å². The third-order valence-electron chi connectivity index (χ3n) is 3.24. The van der Waals surface area contributed by atoms with Crippen LogP contribution in [0.2, 0.25) is 0 Å². The second-order valence-corrected chi connectivity index (χ2v) is 5.33. The zero-order valence-corrected chi connectivity index (χ0v) is 14.8. The number of aliphatic carboxylic acids is 1. The van der Waals surface area contributed by atoms with Gasteiger partial charge in [0.2, 0.25) is 0 Å². The summed E-state index contributed by atoms with van der Waals surface area (Å²) in [6.45, 7) is 0.681. The van der Waals surface area contributed by atoms with Crippen LogP contribution in [-0.2, 0) is 20.9 Å². The summed E-state index contributed by atoms with van der Waals surface area (Å²) in [6, 6.07) is 3.10. The van der Waals surface area contributed by atoms with E-state index in [1.807, 2.05) is 12.3 Å². The Hall–Kier alpha value is -3.15. The Labute approximate surface area is 158 Å². The summed E-state index contributed by atoms with van der Waals surface area (Å²) >= 11 is 0. The maximum atomic E-state index is 11.2. The van der Waals surface area contributed by atoms with E-state index in [-0.39, 0.29) is 5.97 Å². The molecule has 0 saturated heterocycles. The first kappa shape index (κ1) is 22.9. The van der Waals surface area contributed by atoms with Crippen LogP contribution in [0, 0.1) is 0 Å². The minimum atomic E-state index is -5.08. The number of carboxylic acid groups (broad SMARTS) is 1. The zero-order valence-electron chi connectivity index (χ0n) is 14.8. The highest BCUT2D eigenvalue weighted by molar-refractivity contribution is 5.75. The quantitative estimate of drug-likeness (QED) is 0.534. The molecule has 0 radical (unpaired) electrons. The van der Waals surface area contributed by atoms with E-state index >= 15 is 0 Å². The number of methoxy groups -OCH3 is 1. The van der Waals surface area contributed by atoms with Crippen molar-refractivity contribution in [3.05, 3.63) is 36.9 Å². The van der Waals surface area contributed by atoms with Crippen LogP contribution in [0.3, 0.4) is 0 Å². The Morgan fingerprint density at radius 1 is 1.32 bits per heavy atom. The minimum absolute atomic E-state index is 0.385. The SMILES string of the molecule is COC(=O)[C@@H](N)CCC[n+]1ccc(-c2ncccn2)cn1.O=C(O)C(F)(F)F. The standard InChI is InChI=1S/C14H18N5O2.C2HF3O2/c1-21-14(20)12(15)4-2-8-19-9-5-11(10-18-19)13-16-6-3-7-17-13;3-2(4,5)1(6)7/h3,5-7,9-10,12H,2,4,8,15H2,1H3;(H,6,7)/q+1;/t12-;/m0./s1. The molecule has 0 spiro atoms. The van der Waals surface area contributed by atoms with Crippen LogP contribution >= 0.6 is 0 Å². The van der Waals surface area contributed by atoms with E-state index in [0.717, 1.165) is 12.0 Å². The highest BCUT2D eigenvalue weighted by atomic mass is 19.4. The lowest BCUT2D eigenvalue weighted by Gasteiger charge is -2.06. The molecule has 2 aromatic heterocycles. The van der Waals surface area contributed by atoms with E-state index in [9.17, 15) is 18.0 Å². The van der Waals surface area contributed by atoms with Gasteiger partial charge in [-0.25, -0.2) is 14.8 Å². The number of carbonyl (C=O) groups excluding carboxylic acids is 1.